The van der Waals surface area contributed by atoms with Gasteiger partial charge in [-0.05, 0) is 37.8 Å². The molecular formula is C30H32O16S2. The van der Waals surface area contributed by atoms with Crippen LogP contribution in [0.2, 0.25) is 0 Å². The minimum atomic E-state index is -4.31. The monoisotopic (exact) mass is 712 g/mol. The number of sulfone groups is 2. The maximum absolute atomic E-state index is 13.3. The lowest BCUT2D eigenvalue weighted by molar-refractivity contribution is -0.302. The van der Waals surface area contributed by atoms with Gasteiger partial charge in [0.15, 0.2) is 9.81 Å². The van der Waals surface area contributed by atoms with Gasteiger partial charge in [0.2, 0.25) is 29.5 Å². The highest BCUT2D eigenvalue weighted by atomic mass is 32.2. The Kier molecular flexibility index (Phi) is 7.25. The van der Waals surface area contributed by atoms with Gasteiger partial charge in [-0.3, -0.25) is 0 Å². The second kappa shape index (κ2) is 10.7. The number of hydrogen-bond donors (Lipinski definition) is 2. The zero-order chi connectivity index (χ0) is 34.3. The van der Waals surface area contributed by atoms with Crippen LogP contribution in [0.5, 0.6) is 0 Å². The summed E-state index contributed by atoms with van der Waals surface area (Å²) in [6.45, 7) is 0. The molecule has 48 heavy (non-hydrogen) atoms. The first-order valence-corrected chi connectivity index (χ1v) is 18.6. The SMILES string of the molecule is O=C1OC2(CCC3(CC2)OC(=O)C(/C=C2\C(=O)OC4(CCCCC4)S2(=O)=O)=C(O)O3)OC(O)=C1/C=C1\C(=O)OC2(CCCCC2)S1(=O)=O. The second-order valence-corrected chi connectivity index (χ2v) is 17.4. The van der Waals surface area contributed by atoms with Crippen molar-refractivity contribution in [1.82, 2.24) is 0 Å². The predicted molar refractivity (Wildman–Crippen MR) is 155 cm³/mol. The Morgan fingerprint density at radius 3 is 1.10 bits per heavy atom. The van der Waals surface area contributed by atoms with Crippen molar-refractivity contribution in [2.24, 2.45) is 0 Å². The number of ether oxygens (including phenoxy) is 6. The number of aliphatic hydroxyl groups excluding tert-OH is 2. The molecule has 7 rings (SSSR count). The van der Waals surface area contributed by atoms with Crippen LogP contribution in [0.4, 0.5) is 0 Å². The lowest BCUT2D eigenvalue weighted by Gasteiger charge is -2.46. The number of rotatable bonds is 2. The van der Waals surface area contributed by atoms with Crippen LogP contribution in [0.1, 0.15) is 89.9 Å². The lowest BCUT2D eigenvalue weighted by Crippen LogP contribution is -2.53. The van der Waals surface area contributed by atoms with E-state index < -0.39 is 97.8 Å². The third kappa shape index (κ3) is 4.73. The van der Waals surface area contributed by atoms with Gasteiger partial charge in [-0.25, -0.2) is 36.0 Å². The van der Waals surface area contributed by atoms with Gasteiger partial charge < -0.3 is 38.6 Å². The zero-order valence-corrected chi connectivity index (χ0v) is 27.1. The fourth-order valence-electron chi connectivity index (χ4n) is 7.41. The maximum Gasteiger partial charge on any atom is 0.351 e. The summed E-state index contributed by atoms with van der Waals surface area (Å²) in [5, 5.41) is 21.4. The molecule has 7 aliphatic rings. The lowest BCUT2D eigenvalue weighted by atomic mass is 9.87. The predicted octanol–water partition coefficient (Wildman–Crippen LogP) is 2.67. The van der Waals surface area contributed by atoms with Crippen molar-refractivity contribution in [3.63, 3.8) is 0 Å². The van der Waals surface area contributed by atoms with Crippen LogP contribution in [-0.2, 0) is 67.3 Å². The Hall–Kier alpha value is -4.06. The van der Waals surface area contributed by atoms with Crippen molar-refractivity contribution in [2.75, 3.05) is 0 Å². The quantitative estimate of drug-likeness (QED) is 0.238. The highest BCUT2D eigenvalue weighted by Gasteiger charge is 2.61. The fourth-order valence-corrected chi connectivity index (χ4v) is 11.3. The average molecular weight is 713 g/mol. The first kappa shape index (κ1) is 32.5. The van der Waals surface area contributed by atoms with E-state index in [2.05, 4.69) is 0 Å². The molecule has 0 aromatic heterocycles. The first-order chi connectivity index (χ1) is 22.6. The van der Waals surface area contributed by atoms with Gasteiger partial charge in [0.1, 0.15) is 11.1 Å². The summed E-state index contributed by atoms with van der Waals surface area (Å²) in [5.41, 5.74) is -1.42. The van der Waals surface area contributed by atoms with Crippen molar-refractivity contribution in [3.8, 4) is 0 Å². The van der Waals surface area contributed by atoms with Gasteiger partial charge in [0.05, 0.1) is 0 Å². The Balaban J connectivity index is 1.08. The summed E-state index contributed by atoms with van der Waals surface area (Å²) in [5.74, 6) is -10.3. The van der Waals surface area contributed by atoms with E-state index >= 15 is 0 Å². The molecule has 4 heterocycles. The highest BCUT2D eigenvalue weighted by Crippen LogP contribution is 2.50. The van der Waals surface area contributed by atoms with Crippen molar-refractivity contribution in [3.05, 3.63) is 45.0 Å². The number of esters is 4. The number of aliphatic hydroxyl groups is 2. The van der Waals surface area contributed by atoms with Crippen LogP contribution >= 0.6 is 0 Å². The summed E-state index contributed by atoms with van der Waals surface area (Å²) in [6, 6.07) is 0. The molecule has 5 fully saturated rings. The normalized spacial score (nSPS) is 35.1. The molecule has 0 unspecified atom stereocenters. The van der Waals surface area contributed by atoms with Gasteiger partial charge in [-0.1, -0.05) is 12.8 Å². The van der Waals surface area contributed by atoms with Crippen molar-refractivity contribution >= 4 is 43.6 Å². The van der Waals surface area contributed by atoms with Crippen LogP contribution in [0.3, 0.4) is 0 Å². The minimum absolute atomic E-state index is 0.109. The van der Waals surface area contributed by atoms with Gasteiger partial charge in [-0.15, -0.1) is 0 Å². The number of carbonyl (C=O) groups is 4. The van der Waals surface area contributed by atoms with Crippen molar-refractivity contribution < 1.29 is 74.6 Å². The van der Waals surface area contributed by atoms with Gasteiger partial charge >= 0.3 is 23.9 Å². The van der Waals surface area contributed by atoms with E-state index in [1.54, 1.807) is 0 Å². The molecule has 2 saturated heterocycles. The molecule has 4 spiro atoms. The van der Waals surface area contributed by atoms with Crippen LogP contribution < -0.4 is 0 Å². The van der Waals surface area contributed by atoms with Gasteiger partial charge in [0.25, 0.3) is 23.5 Å². The second-order valence-electron chi connectivity index (χ2n) is 13.0. The van der Waals surface area contributed by atoms with E-state index in [0.29, 0.717) is 37.8 Å². The maximum atomic E-state index is 13.3. The Labute approximate surface area is 274 Å². The van der Waals surface area contributed by atoms with Crippen LogP contribution in [-0.4, -0.2) is 72.4 Å². The molecule has 0 bridgehead atoms. The molecule has 0 amide bonds. The van der Waals surface area contributed by atoms with Crippen molar-refractivity contribution in [1.29, 1.82) is 0 Å². The molecular weight excluding hydrogens is 680 g/mol. The molecule has 0 radical (unpaired) electrons. The van der Waals surface area contributed by atoms with Crippen LogP contribution in [0, 0.1) is 0 Å². The summed E-state index contributed by atoms with van der Waals surface area (Å²) in [6.07, 6.45) is 4.47. The van der Waals surface area contributed by atoms with E-state index in [4.69, 9.17) is 28.4 Å². The van der Waals surface area contributed by atoms with E-state index in [1.165, 1.54) is 0 Å². The third-order valence-corrected chi connectivity index (χ3v) is 14.8. The highest BCUT2D eigenvalue weighted by molar-refractivity contribution is 7.98. The summed E-state index contributed by atoms with van der Waals surface area (Å²) in [7, 11) is -8.63. The Morgan fingerprint density at radius 2 is 0.792 bits per heavy atom. The average Bonchev–Trinajstić information content (AvgIpc) is 3.31. The fraction of sp³-hybridized carbons (Fsp3) is 0.600. The molecule has 16 nitrogen and oxygen atoms in total. The molecule has 3 saturated carbocycles. The van der Waals surface area contributed by atoms with E-state index in [0.717, 1.165) is 12.8 Å². The van der Waals surface area contributed by atoms with Crippen molar-refractivity contribution in [2.45, 2.75) is 111 Å². The van der Waals surface area contributed by atoms with E-state index in [1.807, 2.05) is 0 Å². The zero-order valence-electron chi connectivity index (χ0n) is 25.5. The smallest absolute Gasteiger partial charge is 0.351 e. The number of carbonyl (C=O) groups excluding carboxylic acids is 4. The Bertz CT molecular complexity index is 1720. The summed E-state index contributed by atoms with van der Waals surface area (Å²) >= 11 is 0. The standard InChI is InChI=1S/C30H32O16S2/c31-21-17(15-19-25(35)45-29(47(19,37)38)7-3-1-4-8-29)22(32)42-27(41-21)11-13-28(14-12-27)43-23(33)18(24(34)44-28)16-20-26(36)46-30(48(20,39)40)9-5-2-6-10-30/h15-16,31,33H,1-14H2/b19-15+,20-16+. The Morgan fingerprint density at radius 1 is 0.458 bits per heavy atom. The van der Waals surface area contributed by atoms with E-state index in [-0.39, 0.29) is 51.4 Å². The molecule has 18 heteroatoms. The van der Waals surface area contributed by atoms with Gasteiger partial charge in [-0.2, -0.15) is 0 Å². The minimum Gasteiger partial charge on any atom is -0.480 e. The molecule has 0 aromatic carbocycles. The molecule has 3 aliphatic carbocycles. The summed E-state index contributed by atoms with van der Waals surface area (Å²) in [4.78, 5) is 46.3. The first-order valence-electron chi connectivity index (χ1n) is 15.7. The molecule has 260 valence electrons. The third-order valence-electron chi connectivity index (χ3n) is 10.1. The summed E-state index contributed by atoms with van der Waals surface area (Å²) < 4.78 is 85.7. The topological polar surface area (TPSA) is 232 Å². The molecule has 2 N–H and O–H groups in total. The molecule has 0 aromatic rings. The molecule has 0 atom stereocenters. The van der Waals surface area contributed by atoms with Gasteiger partial charge in [0, 0.05) is 51.4 Å². The largest absolute Gasteiger partial charge is 0.480 e. The van der Waals surface area contributed by atoms with Crippen LogP contribution in [0.15, 0.2) is 45.0 Å². The van der Waals surface area contributed by atoms with Crippen LogP contribution in [0.25, 0.3) is 0 Å². The molecule has 4 aliphatic heterocycles. The number of hydrogen-bond acceptors (Lipinski definition) is 16. The van der Waals surface area contributed by atoms with E-state index in [9.17, 15) is 46.2 Å².